The summed E-state index contributed by atoms with van der Waals surface area (Å²) in [6, 6.07) is 4.79. The summed E-state index contributed by atoms with van der Waals surface area (Å²) >= 11 is 3.25. The molecule has 0 spiro atoms. The minimum Gasteiger partial charge on any atom is -0.339 e. The molecule has 19 heavy (non-hydrogen) atoms. The maximum absolute atomic E-state index is 13.8. The van der Waals surface area contributed by atoms with Crippen LogP contribution >= 0.6 is 15.9 Å². The van der Waals surface area contributed by atoms with Crippen molar-refractivity contribution >= 4 is 21.8 Å². The third-order valence-corrected chi connectivity index (χ3v) is 4.39. The molecule has 3 nitrogen and oxygen atoms in total. The summed E-state index contributed by atoms with van der Waals surface area (Å²) in [6.45, 7) is 1.95. The average Bonchev–Trinajstić information content (AvgIpc) is 2.38. The number of piperidine rings is 1. The molecule has 0 bridgehead atoms. The molecule has 1 amide bonds. The van der Waals surface area contributed by atoms with E-state index in [0.717, 1.165) is 25.9 Å². The lowest BCUT2D eigenvalue weighted by molar-refractivity contribution is 0.0654. The SMILES string of the molecule is CN1CCC(N(C)C(=O)c2c(F)cccc2Br)CC1. The zero-order valence-corrected chi connectivity index (χ0v) is 12.8. The van der Waals surface area contributed by atoms with Crippen molar-refractivity contribution in [2.75, 3.05) is 27.2 Å². The lowest BCUT2D eigenvalue weighted by Crippen LogP contribution is -2.44. The van der Waals surface area contributed by atoms with E-state index >= 15 is 0 Å². The van der Waals surface area contributed by atoms with Gasteiger partial charge in [0.25, 0.3) is 5.91 Å². The second kappa shape index (κ2) is 6.01. The number of carbonyl (C=O) groups excluding carboxylic acids is 1. The summed E-state index contributed by atoms with van der Waals surface area (Å²) < 4.78 is 14.3. The third-order valence-electron chi connectivity index (χ3n) is 3.73. The van der Waals surface area contributed by atoms with Crippen LogP contribution in [0.2, 0.25) is 0 Å². The maximum Gasteiger partial charge on any atom is 0.257 e. The number of rotatable bonds is 2. The lowest BCUT2D eigenvalue weighted by Gasteiger charge is -2.35. The Morgan fingerprint density at radius 1 is 1.42 bits per heavy atom. The van der Waals surface area contributed by atoms with Gasteiger partial charge in [0.2, 0.25) is 0 Å². The van der Waals surface area contributed by atoms with Crippen LogP contribution in [0, 0.1) is 5.82 Å². The molecule has 0 N–H and O–H groups in total. The summed E-state index contributed by atoms with van der Waals surface area (Å²) in [6.07, 6.45) is 1.87. The summed E-state index contributed by atoms with van der Waals surface area (Å²) in [5.74, 6) is -0.723. The molecule has 0 unspecified atom stereocenters. The summed E-state index contributed by atoms with van der Waals surface area (Å²) in [5, 5.41) is 0. The number of halogens is 2. The Hall–Kier alpha value is -0.940. The fourth-order valence-corrected chi connectivity index (χ4v) is 2.94. The van der Waals surface area contributed by atoms with Gasteiger partial charge in [0.05, 0.1) is 5.56 Å². The van der Waals surface area contributed by atoms with E-state index in [0.29, 0.717) is 4.47 Å². The van der Waals surface area contributed by atoms with E-state index in [9.17, 15) is 9.18 Å². The van der Waals surface area contributed by atoms with Crippen molar-refractivity contribution in [2.45, 2.75) is 18.9 Å². The third kappa shape index (κ3) is 3.15. The van der Waals surface area contributed by atoms with Crippen molar-refractivity contribution in [3.8, 4) is 0 Å². The lowest BCUT2D eigenvalue weighted by atomic mass is 10.0. The number of amides is 1. The molecule has 2 rings (SSSR count). The first kappa shape index (κ1) is 14.5. The maximum atomic E-state index is 13.8. The Morgan fingerprint density at radius 2 is 2.05 bits per heavy atom. The molecule has 5 heteroatoms. The van der Waals surface area contributed by atoms with Crippen molar-refractivity contribution in [2.24, 2.45) is 0 Å². The highest BCUT2D eigenvalue weighted by Gasteiger charge is 2.27. The molecule has 1 aliphatic rings. The van der Waals surface area contributed by atoms with Crippen LogP contribution < -0.4 is 0 Å². The number of likely N-dealkylation sites (tertiary alicyclic amines) is 1. The van der Waals surface area contributed by atoms with Crippen LogP contribution in [0.4, 0.5) is 4.39 Å². The Kier molecular flexibility index (Phi) is 4.58. The van der Waals surface area contributed by atoms with Gasteiger partial charge in [-0.05, 0) is 61.0 Å². The first-order chi connectivity index (χ1) is 9.00. The minimum atomic E-state index is -0.473. The van der Waals surface area contributed by atoms with Crippen molar-refractivity contribution in [3.05, 3.63) is 34.1 Å². The van der Waals surface area contributed by atoms with Gasteiger partial charge in [0.1, 0.15) is 5.82 Å². The highest BCUT2D eigenvalue weighted by atomic mass is 79.9. The van der Waals surface area contributed by atoms with E-state index in [1.807, 2.05) is 0 Å². The average molecular weight is 329 g/mol. The monoisotopic (exact) mass is 328 g/mol. The topological polar surface area (TPSA) is 23.6 Å². The molecular weight excluding hydrogens is 311 g/mol. The van der Waals surface area contributed by atoms with Crippen LogP contribution in [0.5, 0.6) is 0 Å². The molecule has 1 aromatic rings. The van der Waals surface area contributed by atoms with E-state index in [1.54, 1.807) is 24.1 Å². The largest absolute Gasteiger partial charge is 0.339 e. The first-order valence-corrected chi connectivity index (χ1v) is 7.19. The van der Waals surface area contributed by atoms with E-state index in [2.05, 4.69) is 27.9 Å². The molecule has 0 radical (unpaired) electrons. The summed E-state index contributed by atoms with van der Waals surface area (Å²) in [4.78, 5) is 16.3. The molecule has 1 heterocycles. The normalized spacial score (nSPS) is 17.5. The Balaban J connectivity index is 2.15. The first-order valence-electron chi connectivity index (χ1n) is 6.40. The van der Waals surface area contributed by atoms with Crippen molar-refractivity contribution < 1.29 is 9.18 Å². The molecule has 1 saturated heterocycles. The van der Waals surface area contributed by atoms with Crippen molar-refractivity contribution in [3.63, 3.8) is 0 Å². The van der Waals surface area contributed by atoms with Gasteiger partial charge in [0, 0.05) is 17.6 Å². The predicted octanol–water partition coefficient (Wildman–Crippen LogP) is 2.75. The van der Waals surface area contributed by atoms with E-state index in [1.165, 1.54) is 6.07 Å². The number of benzene rings is 1. The van der Waals surface area contributed by atoms with E-state index in [-0.39, 0.29) is 17.5 Å². The predicted molar refractivity (Wildman–Crippen MR) is 76.7 cm³/mol. The second-order valence-corrected chi connectivity index (χ2v) is 5.90. The molecule has 0 aromatic heterocycles. The van der Waals surface area contributed by atoms with E-state index < -0.39 is 5.82 Å². The highest BCUT2D eigenvalue weighted by Crippen LogP contribution is 2.23. The molecule has 0 saturated carbocycles. The quantitative estimate of drug-likeness (QED) is 0.833. The van der Waals surface area contributed by atoms with Gasteiger partial charge < -0.3 is 9.80 Å². The number of carbonyl (C=O) groups is 1. The number of hydrogen-bond acceptors (Lipinski definition) is 2. The Labute approximate surface area is 121 Å². The summed E-state index contributed by atoms with van der Waals surface area (Å²) in [5.41, 5.74) is 0.129. The van der Waals surface area contributed by atoms with Gasteiger partial charge in [-0.15, -0.1) is 0 Å². The molecule has 1 aliphatic heterocycles. The van der Waals surface area contributed by atoms with Gasteiger partial charge >= 0.3 is 0 Å². The zero-order chi connectivity index (χ0) is 14.0. The van der Waals surface area contributed by atoms with Gasteiger partial charge in [-0.1, -0.05) is 6.07 Å². The van der Waals surface area contributed by atoms with Crippen LogP contribution in [0.25, 0.3) is 0 Å². The number of hydrogen-bond donors (Lipinski definition) is 0. The molecule has 104 valence electrons. The molecule has 0 atom stereocenters. The molecular formula is C14H18BrFN2O. The van der Waals surface area contributed by atoms with Crippen LogP contribution in [0.1, 0.15) is 23.2 Å². The fraction of sp³-hybridized carbons (Fsp3) is 0.500. The van der Waals surface area contributed by atoms with Crippen LogP contribution in [0.15, 0.2) is 22.7 Å². The van der Waals surface area contributed by atoms with Gasteiger partial charge in [-0.25, -0.2) is 4.39 Å². The van der Waals surface area contributed by atoms with Gasteiger partial charge in [0.15, 0.2) is 0 Å². The number of nitrogens with zero attached hydrogens (tertiary/aromatic N) is 2. The fourth-order valence-electron chi connectivity index (χ4n) is 2.43. The Morgan fingerprint density at radius 3 is 2.63 bits per heavy atom. The van der Waals surface area contributed by atoms with Crippen molar-refractivity contribution in [1.82, 2.24) is 9.80 Å². The smallest absolute Gasteiger partial charge is 0.257 e. The van der Waals surface area contributed by atoms with E-state index in [4.69, 9.17) is 0 Å². The van der Waals surface area contributed by atoms with Gasteiger partial charge in [-0.2, -0.15) is 0 Å². The van der Waals surface area contributed by atoms with Crippen LogP contribution in [-0.4, -0.2) is 48.9 Å². The molecule has 0 aliphatic carbocycles. The van der Waals surface area contributed by atoms with Gasteiger partial charge in [-0.3, -0.25) is 4.79 Å². The molecule has 1 aromatic carbocycles. The van der Waals surface area contributed by atoms with Crippen LogP contribution in [0.3, 0.4) is 0 Å². The Bertz CT molecular complexity index is 452. The van der Waals surface area contributed by atoms with Crippen LogP contribution in [-0.2, 0) is 0 Å². The minimum absolute atomic E-state index is 0.129. The zero-order valence-electron chi connectivity index (χ0n) is 11.2. The second-order valence-electron chi connectivity index (χ2n) is 5.05. The standard InChI is InChI=1S/C14H18BrFN2O/c1-17-8-6-10(7-9-17)18(2)14(19)13-11(15)4-3-5-12(13)16/h3-5,10H,6-9H2,1-2H3. The van der Waals surface area contributed by atoms with Crippen molar-refractivity contribution in [1.29, 1.82) is 0 Å². The molecule has 1 fully saturated rings. The summed E-state index contributed by atoms with van der Waals surface area (Å²) in [7, 11) is 3.84. The highest BCUT2D eigenvalue weighted by molar-refractivity contribution is 9.10.